The van der Waals surface area contributed by atoms with Crippen molar-refractivity contribution in [3.8, 4) is 11.1 Å². The van der Waals surface area contributed by atoms with Crippen molar-refractivity contribution in [2.45, 2.75) is 31.2 Å². The summed E-state index contributed by atoms with van der Waals surface area (Å²) in [5, 5.41) is 12.4. The maximum atomic E-state index is 12.9. The van der Waals surface area contributed by atoms with Gasteiger partial charge in [-0.25, -0.2) is 14.6 Å². The zero-order valence-corrected chi connectivity index (χ0v) is 19.3. The SMILES string of the molecule is CC1(C(=O)O)CCCN1C(=O)c1cnc(NC(=O)OCC2c3ccccc3-c3ccccc32)s1. The highest BCUT2D eigenvalue weighted by molar-refractivity contribution is 7.17. The predicted molar refractivity (Wildman–Crippen MR) is 127 cm³/mol. The Bertz CT molecular complexity index is 1240. The molecule has 174 valence electrons. The molecule has 1 saturated heterocycles. The van der Waals surface area contributed by atoms with E-state index in [9.17, 15) is 19.5 Å². The van der Waals surface area contributed by atoms with Crippen LogP contribution >= 0.6 is 11.3 Å². The van der Waals surface area contributed by atoms with E-state index >= 15 is 0 Å². The van der Waals surface area contributed by atoms with Crippen molar-refractivity contribution in [2.24, 2.45) is 0 Å². The number of hydrogen-bond acceptors (Lipinski definition) is 6. The van der Waals surface area contributed by atoms with Crippen molar-refractivity contribution in [1.82, 2.24) is 9.88 Å². The van der Waals surface area contributed by atoms with Crippen LogP contribution < -0.4 is 5.32 Å². The fourth-order valence-electron chi connectivity index (χ4n) is 4.80. The van der Waals surface area contributed by atoms with Gasteiger partial charge in [0.1, 0.15) is 17.0 Å². The number of aliphatic carboxylic acids is 1. The van der Waals surface area contributed by atoms with E-state index in [-0.39, 0.29) is 22.5 Å². The van der Waals surface area contributed by atoms with Gasteiger partial charge in [0.25, 0.3) is 5.91 Å². The van der Waals surface area contributed by atoms with Crippen molar-refractivity contribution < 1.29 is 24.2 Å². The lowest BCUT2D eigenvalue weighted by atomic mass is 9.98. The molecule has 3 aromatic rings. The molecule has 1 aliphatic heterocycles. The number of benzene rings is 2. The summed E-state index contributed by atoms with van der Waals surface area (Å²) < 4.78 is 5.52. The second kappa shape index (κ2) is 8.57. The highest BCUT2D eigenvalue weighted by Gasteiger charge is 2.46. The molecule has 2 amide bonds. The molecule has 2 heterocycles. The Balaban J connectivity index is 1.24. The molecule has 0 saturated carbocycles. The topological polar surface area (TPSA) is 109 Å². The number of ether oxygens (including phenoxy) is 1. The lowest BCUT2D eigenvalue weighted by Gasteiger charge is -2.30. The molecule has 0 radical (unpaired) electrons. The number of anilines is 1. The van der Waals surface area contributed by atoms with Crippen molar-refractivity contribution in [3.05, 3.63) is 70.7 Å². The lowest BCUT2D eigenvalue weighted by Crippen LogP contribution is -2.50. The summed E-state index contributed by atoms with van der Waals surface area (Å²) in [6, 6.07) is 16.2. The molecule has 1 atom stereocenters. The van der Waals surface area contributed by atoms with Gasteiger partial charge < -0.3 is 14.7 Å². The number of fused-ring (bicyclic) bond motifs is 3. The zero-order chi connectivity index (χ0) is 23.9. The second-order valence-electron chi connectivity index (χ2n) is 8.62. The number of carbonyl (C=O) groups is 3. The van der Waals surface area contributed by atoms with E-state index in [1.165, 1.54) is 11.1 Å². The Labute approximate surface area is 200 Å². The van der Waals surface area contributed by atoms with E-state index in [1.54, 1.807) is 6.92 Å². The van der Waals surface area contributed by atoms with Crippen LogP contribution in [0.4, 0.5) is 9.93 Å². The Hall–Kier alpha value is -3.72. The number of hydrogen-bond donors (Lipinski definition) is 2. The van der Waals surface area contributed by atoms with E-state index in [0.717, 1.165) is 33.6 Å². The third-order valence-corrected chi connectivity index (χ3v) is 7.52. The van der Waals surface area contributed by atoms with Crippen molar-refractivity contribution in [2.75, 3.05) is 18.5 Å². The number of carbonyl (C=O) groups excluding carboxylic acids is 2. The minimum Gasteiger partial charge on any atom is -0.480 e. The van der Waals surface area contributed by atoms with Gasteiger partial charge in [0, 0.05) is 12.5 Å². The van der Waals surface area contributed by atoms with Crippen molar-refractivity contribution in [3.63, 3.8) is 0 Å². The van der Waals surface area contributed by atoms with E-state index in [1.807, 2.05) is 36.4 Å². The van der Waals surface area contributed by atoms with Crippen LogP contribution in [0, 0.1) is 0 Å². The van der Waals surface area contributed by atoms with Crippen LogP contribution in [0.5, 0.6) is 0 Å². The molecule has 1 aromatic heterocycles. The first kappa shape index (κ1) is 22.1. The van der Waals surface area contributed by atoms with Gasteiger partial charge in [-0.15, -0.1) is 0 Å². The minimum atomic E-state index is -1.23. The molecule has 2 aliphatic rings. The number of nitrogens with zero attached hydrogens (tertiary/aromatic N) is 2. The third-order valence-electron chi connectivity index (χ3n) is 6.62. The summed E-state index contributed by atoms with van der Waals surface area (Å²) in [5.41, 5.74) is 3.29. The molecule has 8 nitrogen and oxygen atoms in total. The summed E-state index contributed by atoms with van der Waals surface area (Å²) in [5.74, 6) is -1.49. The molecule has 1 aliphatic carbocycles. The molecular formula is C25H23N3O5S. The van der Waals surface area contributed by atoms with E-state index in [4.69, 9.17) is 4.74 Å². The standard InChI is InChI=1S/C25H23N3O5S/c1-25(22(30)31)11-6-12-28(25)21(29)20-13-26-23(34-20)27-24(32)33-14-19-17-9-4-2-7-15(17)16-8-3-5-10-18(16)19/h2-5,7-10,13,19H,6,11-12,14H2,1H3,(H,30,31)(H,26,27,32). The van der Waals surface area contributed by atoms with E-state index < -0.39 is 23.5 Å². The number of likely N-dealkylation sites (tertiary alicyclic amines) is 1. The van der Waals surface area contributed by atoms with Crippen LogP contribution in [0.2, 0.25) is 0 Å². The highest BCUT2D eigenvalue weighted by Crippen LogP contribution is 2.44. The molecule has 2 N–H and O–H groups in total. The second-order valence-corrected chi connectivity index (χ2v) is 9.65. The number of carboxylic acid groups (broad SMARTS) is 1. The largest absolute Gasteiger partial charge is 0.480 e. The fraction of sp³-hybridized carbons (Fsp3) is 0.280. The Kier molecular flexibility index (Phi) is 5.57. The van der Waals surface area contributed by atoms with Gasteiger partial charge in [0.2, 0.25) is 0 Å². The number of nitrogens with one attached hydrogen (secondary N) is 1. The third kappa shape index (κ3) is 3.71. The molecule has 1 unspecified atom stereocenters. The van der Waals surface area contributed by atoms with Crippen LogP contribution in [-0.4, -0.2) is 51.7 Å². The number of carboxylic acids is 1. The molecule has 0 bridgehead atoms. The summed E-state index contributed by atoms with van der Waals surface area (Å²) in [4.78, 5) is 42.8. The molecule has 9 heteroatoms. The van der Waals surface area contributed by atoms with Gasteiger partial charge in [-0.05, 0) is 42.0 Å². The predicted octanol–water partition coefficient (Wildman–Crippen LogP) is 4.58. The van der Waals surface area contributed by atoms with Gasteiger partial charge >= 0.3 is 12.1 Å². The van der Waals surface area contributed by atoms with Crippen LogP contribution in [0.1, 0.15) is 46.5 Å². The normalized spacial score (nSPS) is 18.9. The average Bonchev–Trinajstić information content (AvgIpc) is 3.54. The van der Waals surface area contributed by atoms with Gasteiger partial charge in [-0.2, -0.15) is 0 Å². The minimum absolute atomic E-state index is 0.0598. The first-order chi connectivity index (χ1) is 16.4. The number of rotatable bonds is 5. The molecule has 1 fully saturated rings. The Morgan fingerprint density at radius 3 is 2.44 bits per heavy atom. The van der Waals surface area contributed by atoms with Crippen molar-refractivity contribution in [1.29, 1.82) is 0 Å². The van der Waals surface area contributed by atoms with E-state index in [0.29, 0.717) is 19.4 Å². The molecular weight excluding hydrogens is 454 g/mol. The van der Waals surface area contributed by atoms with Gasteiger partial charge in [-0.3, -0.25) is 10.1 Å². The first-order valence-electron chi connectivity index (χ1n) is 11.0. The van der Waals surface area contributed by atoms with E-state index in [2.05, 4.69) is 22.4 Å². The Morgan fingerprint density at radius 2 is 1.79 bits per heavy atom. The van der Waals surface area contributed by atoms with Crippen LogP contribution in [0.15, 0.2) is 54.7 Å². The van der Waals surface area contributed by atoms with Crippen LogP contribution in [0.25, 0.3) is 11.1 Å². The number of amides is 2. The monoisotopic (exact) mass is 477 g/mol. The molecule has 5 rings (SSSR count). The van der Waals surface area contributed by atoms with Crippen LogP contribution in [-0.2, 0) is 9.53 Å². The molecule has 2 aromatic carbocycles. The summed E-state index contributed by atoms with van der Waals surface area (Å²) >= 11 is 0.997. The lowest BCUT2D eigenvalue weighted by molar-refractivity contribution is -0.147. The first-order valence-corrected chi connectivity index (χ1v) is 11.8. The maximum Gasteiger partial charge on any atom is 0.413 e. The quantitative estimate of drug-likeness (QED) is 0.557. The summed E-state index contributed by atoms with van der Waals surface area (Å²) in [6.45, 7) is 2.09. The zero-order valence-electron chi connectivity index (χ0n) is 18.5. The molecule has 34 heavy (non-hydrogen) atoms. The highest BCUT2D eigenvalue weighted by atomic mass is 32.1. The average molecular weight is 478 g/mol. The molecule has 0 spiro atoms. The number of aromatic nitrogens is 1. The van der Waals surface area contributed by atoms with Crippen molar-refractivity contribution >= 4 is 34.4 Å². The maximum absolute atomic E-state index is 12.9. The fourth-order valence-corrected chi connectivity index (χ4v) is 5.55. The number of thiazole rings is 1. The summed E-state index contributed by atoms with van der Waals surface area (Å²) in [7, 11) is 0. The van der Waals surface area contributed by atoms with Gasteiger partial charge in [-0.1, -0.05) is 59.9 Å². The summed E-state index contributed by atoms with van der Waals surface area (Å²) in [6.07, 6.45) is 1.72. The van der Waals surface area contributed by atoms with Crippen LogP contribution in [0.3, 0.4) is 0 Å². The smallest absolute Gasteiger partial charge is 0.413 e. The van der Waals surface area contributed by atoms with Gasteiger partial charge in [0.05, 0.1) is 6.20 Å². The Morgan fingerprint density at radius 1 is 1.15 bits per heavy atom. The van der Waals surface area contributed by atoms with Gasteiger partial charge in [0.15, 0.2) is 5.13 Å².